The van der Waals surface area contributed by atoms with Gasteiger partial charge in [0.15, 0.2) is 0 Å². The van der Waals surface area contributed by atoms with Gasteiger partial charge >= 0.3 is 0 Å². The second kappa shape index (κ2) is 4.67. The summed E-state index contributed by atoms with van der Waals surface area (Å²) in [4.78, 5) is 0. The second-order valence-corrected chi connectivity index (χ2v) is 4.42. The largest absolute Gasteiger partial charge is 0.386 e. The van der Waals surface area contributed by atoms with Crippen LogP contribution in [0.5, 0.6) is 0 Å². The maximum atomic E-state index is 9.98. The van der Waals surface area contributed by atoms with Crippen LogP contribution in [-0.4, -0.2) is 14.9 Å². The molecule has 0 saturated heterocycles. The third kappa shape index (κ3) is 2.43. The van der Waals surface area contributed by atoms with Crippen molar-refractivity contribution >= 4 is 21.7 Å². The standard InChI is InChI=1S/C11H12BrN3O/c12-9-3-1-8(2-4-9)10(16)7-15-11(13)5-6-14-15/h1-6,10,16H,7,13H2. The van der Waals surface area contributed by atoms with Crippen molar-refractivity contribution in [2.75, 3.05) is 5.73 Å². The molecule has 1 aromatic heterocycles. The average molecular weight is 282 g/mol. The van der Waals surface area contributed by atoms with Crippen LogP contribution >= 0.6 is 15.9 Å². The Bertz CT molecular complexity index is 466. The molecule has 2 rings (SSSR count). The molecule has 0 aliphatic heterocycles. The summed E-state index contributed by atoms with van der Waals surface area (Å²) < 4.78 is 2.56. The number of nitrogen functional groups attached to an aromatic ring is 1. The summed E-state index contributed by atoms with van der Waals surface area (Å²) in [6.07, 6.45) is 1.01. The van der Waals surface area contributed by atoms with E-state index in [4.69, 9.17) is 5.73 Å². The van der Waals surface area contributed by atoms with Crippen molar-refractivity contribution in [3.8, 4) is 0 Å². The number of benzene rings is 1. The predicted octanol–water partition coefficient (Wildman–Crippen LogP) is 1.96. The molecule has 84 valence electrons. The molecular formula is C11H12BrN3O. The molecule has 16 heavy (non-hydrogen) atoms. The van der Waals surface area contributed by atoms with Gasteiger partial charge in [-0.15, -0.1) is 0 Å². The van der Waals surface area contributed by atoms with Crippen LogP contribution < -0.4 is 5.73 Å². The lowest BCUT2D eigenvalue weighted by atomic mass is 10.1. The van der Waals surface area contributed by atoms with Crippen LogP contribution in [0, 0.1) is 0 Å². The summed E-state index contributed by atoms with van der Waals surface area (Å²) in [7, 11) is 0. The Morgan fingerprint density at radius 3 is 2.56 bits per heavy atom. The van der Waals surface area contributed by atoms with Gasteiger partial charge in [-0.05, 0) is 23.8 Å². The average Bonchev–Trinajstić information content (AvgIpc) is 2.65. The Hall–Kier alpha value is -1.33. The quantitative estimate of drug-likeness (QED) is 0.904. The van der Waals surface area contributed by atoms with E-state index in [2.05, 4.69) is 21.0 Å². The molecule has 1 unspecified atom stereocenters. The molecule has 4 nitrogen and oxygen atoms in total. The predicted molar refractivity (Wildman–Crippen MR) is 65.7 cm³/mol. The first-order valence-corrected chi connectivity index (χ1v) is 5.67. The van der Waals surface area contributed by atoms with E-state index < -0.39 is 6.10 Å². The monoisotopic (exact) mass is 281 g/mol. The van der Waals surface area contributed by atoms with E-state index in [1.165, 1.54) is 0 Å². The van der Waals surface area contributed by atoms with Crippen molar-refractivity contribution in [2.45, 2.75) is 12.6 Å². The minimum Gasteiger partial charge on any atom is -0.386 e. The SMILES string of the molecule is Nc1ccnn1CC(O)c1ccc(Br)cc1. The molecule has 2 aromatic rings. The number of aliphatic hydroxyl groups is 1. The third-order valence-corrected chi connectivity index (χ3v) is 2.88. The molecule has 1 heterocycles. The highest BCUT2D eigenvalue weighted by Gasteiger charge is 2.09. The fourth-order valence-corrected chi connectivity index (χ4v) is 1.71. The van der Waals surface area contributed by atoms with E-state index in [9.17, 15) is 5.11 Å². The first-order valence-electron chi connectivity index (χ1n) is 4.87. The molecule has 1 aromatic carbocycles. The number of nitrogens with two attached hydrogens (primary N) is 1. The Labute approximate surface area is 102 Å². The highest BCUT2D eigenvalue weighted by molar-refractivity contribution is 9.10. The number of rotatable bonds is 3. The zero-order chi connectivity index (χ0) is 11.5. The van der Waals surface area contributed by atoms with Gasteiger partial charge in [0.2, 0.25) is 0 Å². The number of anilines is 1. The van der Waals surface area contributed by atoms with E-state index >= 15 is 0 Å². The Kier molecular flexibility index (Phi) is 3.26. The van der Waals surface area contributed by atoms with Crippen LogP contribution in [0.25, 0.3) is 0 Å². The van der Waals surface area contributed by atoms with Crippen molar-refractivity contribution in [2.24, 2.45) is 0 Å². The molecule has 0 aliphatic carbocycles. The van der Waals surface area contributed by atoms with Gasteiger partial charge in [-0.1, -0.05) is 28.1 Å². The van der Waals surface area contributed by atoms with Gasteiger partial charge in [0, 0.05) is 4.47 Å². The number of halogens is 1. The zero-order valence-corrected chi connectivity index (χ0v) is 10.1. The van der Waals surface area contributed by atoms with Crippen LogP contribution in [-0.2, 0) is 6.54 Å². The minimum absolute atomic E-state index is 0.362. The molecule has 0 bridgehead atoms. The molecule has 0 amide bonds. The number of hydrogen-bond acceptors (Lipinski definition) is 3. The van der Waals surface area contributed by atoms with Crippen molar-refractivity contribution < 1.29 is 5.11 Å². The van der Waals surface area contributed by atoms with E-state index in [-0.39, 0.29) is 0 Å². The lowest BCUT2D eigenvalue weighted by molar-refractivity contribution is 0.152. The number of aromatic nitrogens is 2. The summed E-state index contributed by atoms with van der Waals surface area (Å²) in [6.45, 7) is 0.362. The summed E-state index contributed by atoms with van der Waals surface area (Å²) in [6, 6.07) is 9.23. The number of nitrogens with zero attached hydrogens (tertiary/aromatic N) is 2. The highest BCUT2D eigenvalue weighted by Crippen LogP contribution is 2.18. The fraction of sp³-hybridized carbons (Fsp3) is 0.182. The van der Waals surface area contributed by atoms with Crippen molar-refractivity contribution in [1.29, 1.82) is 0 Å². The smallest absolute Gasteiger partial charge is 0.121 e. The summed E-state index contributed by atoms with van der Waals surface area (Å²) >= 11 is 3.35. The molecule has 0 fully saturated rings. The van der Waals surface area contributed by atoms with E-state index in [0.29, 0.717) is 12.4 Å². The molecular weight excluding hydrogens is 270 g/mol. The normalized spacial score (nSPS) is 12.6. The van der Waals surface area contributed by atoms with E-state index in [0.717, 1.165) is 10.0 Å². The maximum Gasteiger partial charge on any atom is 0.121 e. The molecule has 0 radical (unpaired) electrons. The summed E-state index contributed by atoms with van der Waals surface area (Å²) in [5, 5.41) is 14.0. The van der Waals surface area contributed by atoms with Crippen molar-refractivity contribution in [1.82, 2.24) is 9.78 Å². The van der Waals surface area contributed by atoms with Gasteiger partial charge in [0.1, 0.15) is 5.82 Å². The number of aliphatic hydroxyl groups excluding tert-OH is 1. The molecule has 5 heteroatoms. The summed E-state index contributed by atoms with van der Waals surface area (Å²) in [5.74, 6) is 0.552. The first kappa shape index (κ1) is 11.2. The van der Waals surface area contributed by atoms with Gasteiger partial charge in [-0.3, -0.25) is 0 Å². The zero-order valence-electron chi connectivity index (χ0n) is 8.55. The van der Waals surface area contributed by atoms with E-state index in [1.807, 2.05) is 24.3 Å². The molecule has 0 spiro atoms. The maximum absolute atomic E-state index is 9.98. The number of hydrogen-bond donors (Lipinski definition) is 2. The molecule has 0 saturated carbocycles. The topological polar surface area (TPSA) is 64.1 Å². The van der Waals surface area contributed by atoms with Crippen LogP contribution in [0.15, 0.2) is 41.0 Å². The van der Waals surface area contributed by atoms with Crippen LogP contribution in [0.2, 0.25) is 0 Å². The van der Waals surface area contributed by atoms with Crippen LogP contribution in [0.1, 0.15) is 11.7 Å². The molecule has 3 N–H and O–H groups in total. The first-order chi connectivity index (χ1) is 7.66. The minimum atomic E-state index is -0.602. The van der Waals surface area contributed by atoms with Gasteiger partial charge in [0.05, 0.1) is 18.8 Å². The van der Waals surface area contributed by atoms with Gasteiger partial charge < -0.3 is 10.8 Å². The highest BCUT2D eigenvalue weighted by atomic mass is 79.9. The Morgan fingerprint density at radius 2 is 2.00 bits per heavy atom. The van der Waals surface area contributed by atoms with Crippen molar-refractivity contribution in [3.63, 3.8) is 0 Å². The van der Waals surface area contributed by atoms with Crippen molar-refractivity contribution in [3.05, 3.63) is 46.6 Å². The second-order valence-electron chi connectivity index (χ2n) is 3.51. The van der Waals surface area contributed by atoms with Gasteiger partial charge in [-0.2, -0.15) is 5.10 Å². The Morgan fingerprint density at radius 1 is 1.31 bits per heavy atom. The van der Waals surface area contributed by atoms with Gasteiger partial charge in [-0.25, -0.2) is 4.68 Å². The molecule has 0 aliphatic rings. The van der Waals surface area contributed by atoms with Gasteiger partial charge in [0.25, 0.3) is 0 Å². The van der Waals surface area contributed by atoms with Crippen LogP contribution in [0.4, 0.5) is 5.82 Å². The Balaban J connectivity index is 2.11. The summed E-state index contributed by atoms with van der Waals surface area (Å²) in [5.41, 5.74) is 6.52. The van der Waals surface area contributed by atoms with E-state index in [1.54, 1.807) is 16.9 Å². The third-order valence-electron chi connectivity index (χ3n) is 2.35. The lowest BCUT2D eigenvalue weighted by Crippen LogP contribution is -2.12. The lowest BCUT2D eigenvalue weighted by Gasteiger charge is -2.12. The van der Waals surface area contributed by atoms with Crippen LogP contribution in [0.3, 0.4) is 0 Å². The molecule has 1 atom stereocenters. The fourth-order valence-electron chi connectivity index (χ4n) is 1.45.